The van der Waals surface area contributed by atoms with Crippen LogP contribution in [0, 0.1) is 0 Å². The van der Waals surface area contributed by atoms with E-state index in [9.17, 15) is 4.79 Å². The second-order valence-electron chi connectivity index (χ2n) is 6.12. The van der Waals surface area contributed by atoms with Crippen molar-refractivity contribution in [2.75, 3.05) is 7.11 Å². The van der Waals surface area contributed by atoms with E-state index >= 15 is 0 Å². The van der Waals surface area contributed by atoms with Crippen LogP contribution in [-0.2, 0) is 21.7 Å². The molecule has 1 aliphatic heterocycles. The van der Waals surface area contributed by atoms with Crippen LogP contribution in [0.3, 0.4) is 0 Å². The van der Waals surface area contributed by atoms with E-state index in [-0.39, 0.29) is 5.97 Å². The first-order chi connectivity index (χ1) is 12.3. The molecule has 4 rings (SSSR count). The second kappa shape index (κ2) is 6.19. The van der Waals surface area contributed by atoms with Gasteiger partial charge in [-0.05, 0) is 17.7 Å². The minimum absolute atomic E-state index is 0.295. The highest BCUT2D eigenvalue weighted by atomic mass is 16.6. The van der Waals surface area contributed by atoms with Crippen molar-refractivity contribution >= 4 is 5.97 Å². The molecule has 1 atom stereocenters. The first-order valence-corrected chi connectivity index (χ1v) is 8.22. The molecule has 25 heavy (non-hydrogen) atoms. The summed E-state index contributed by atoms with van der Waals surface area (Å²) in [6, 6.07) is 25.5. The molecule has 1 unspecified atom stereocenters. The second-order valence-corrected chi connectivity index (χ2v) is 6.12. The zero-order valence-corrected chi connectivity index (χ0v) is 13.9. The van der Waals surface area contributed by atoms with Gasteiger partial charge in [0.05, 0.1) is 12.2 Å². The number of hydrogen-bond acceptors (Lipinski definition) is 3. The van der Waals surface area contributed by atoms with E-state index in [1.807, 2.05) is 78.9 Å². The van der Waals surface area contributed by atoms with E-state index in [0.29, 0.717) is 12.2 Å². The molecule has 0 radical (unpaired) electrons. The van der Waals surface area contributed by atoms with Crippen LogP contribution in [0.1, 0.15) is 32.6 Å². The van der Waals surface area contributed by atoms with Crippen LogP contribution in [0.4, 0.5) is 0 Å². The molecule has 3 aromatic rings. The third-order valence-electron chi connectivity index (χ3n) is 4.60. The third kappa shape index (κ3) is 2.44. The van der Waals surface area contributed by atoms with Gasteiger partial charge in [-0.15, -0.1) is 0 Å². The summed E-state index contributed by atoms with van der Waals surface area (Å²) in [4.78, 5) is 12.6. The molecule has 0 spiro atoms. The molecule has 0 fully saturated rings. The van der Waals surface area contributed by atoms with Crippen molar-refractivity contribution in [1.29, 1.82) is 0 Å². The van der Waals surface area contributed by atoms with Crippen molar-refractivity contribution in [1.82, 2.24) is 0 Å². The Kier molecular flexibility index (Phi) is 3.86. The minimum Gasteiger partial charge on any atom is -0.441 e. The largest absolute Gasteiger partial charge is 0.441 e. The Morgan fingerprint density at radius 2 is 1.60 bits per heavy atom. The Morgan fingerprint density at radius 1 is 0.880 bits per heavy atom. The van der Waals surface area contributed by atoms with Crippen molar-refractivity contribution in [2.45, 2.75) is 12.2 Å². The van der Waals surface area contributed by atoms with E-state index in [0.717, 1.165) is 22.3 Å². The summed E-state index contributed by atoms with van der Waals surface area (Å²) in [6.45, 7) is 0.508. The Hall–Kier alpha value is -2.91. The van der Waals surface area contributed by atoms with E-state index in [4.69, 9.17) is 9.47 Å². The number of rotatable bonds is 4. The van der Waals surface area contributed by atoms with Gasteiger partial charge in [0, 0.05) is 23.8 Å². The molecule has 0 bridgehead atoms. The zero-order chi connectivity index (χ0) is 17.3. The molecule has 1 aliphatic rings. The third-order valence-corrected chi connectivity index (χ3v) is 4.60. The first-order valence-electron chi connectivity index (χ1n) is 8.22. The number of carbonyl (C=O) groups excluding carboxylic acids is 1. The fourth-order valence-corrected chi connectivity index (χ4v) is 3.53. The van der Waals surface area contributed by atoms with Gasteiger partial charge in [-0.25, -0.2) is 4.79 Å². The number of benzene rings is 3. The Morgan fingerprint density at radius 3 is 2.40 bits per heavy atom. The van der Waals surface area contributed by atoms with E-state index in [2.05, 4.69) is 0 Å². The topological polar surface area (TPSA) is 35.5 Å². The van der Waals surface area contributed by atoms with Crippen molar-refractivity contribution < 1.29 is 14.3 Å². The highest BCUT2D eigenvalue weighted by molar-refractivity contribution is 5.96. The van der Waals surface area contributed by atoms with Crippen LogP contribution in [0.5, 0.6) is 0 Å². The van der Waals surface area contributed by atoms with Gasteiger partial charge in [-0.2, -0.15) is 0 Å². The molecule has 124 valence electrons. The average molecular weight is 330 g/mol. The van der Waals surface area contributed by atoms with Crippen molar-refractivity contribution in [3.8, 4) is 0 Å². The number of methoxy groups -OCH3 is 1. The summed E-state index contributed by atoms with van der Waals surface area (Å²) in [7, 11) is 1.67. The fraction of sp³-hybridized carbons (Fsp3) is 0.136. The highest BCUT2D eigenvalue weighted by Gasteiger charge is 2.48. The molecule has 0 saturated carbocycles. The van der Waals surface area contributed by atoms with Crippen molar-refractivity contribution in [3.63, 3.8) is 0 Å². The molecule has 0 aromatic heterocycles. The van der Waals surface area contributed by atoms with E-state index in [1.54, 1.807) is 7.11 Å². The number of ether oxygens (including phenoxy) is 2. The molecule has 3 nitrogen and oxygen atoms in total. The number of hydrogen-bond donors (Lipinski definition) is 0. The summed E-state index contributed by atoms with van der Waals surface area (Å²) in [5, 5.41) is 0. The smallest absolute Gasteiger partial charge is 0.340 e. The Bertz CT molecular complexity index is 917. The molecule has 1 heterocycles. The number of cyclic esters (lactones) is 1. The van der Waals surface area contributed by atoms with Gasteiger partial charge in [-0.1, -0.05) is 66.7 Å². The van der Waals surface area contributed by atoms with Crippen molar-refractivity contribution in [3.05, 3.63) is 107 Å². The summed E-state index contributed by atoms with van der Waals surface area (Å²) in [6.07, 6.45) is 0. The van der Waals surface area contributed by atoms with Crippen molar-refractivity contribution in [2.24, 2.45) is 0 Å². The maximum absolute atomic E-state index is 12.6. The molecule has 0 aliphatic carbocycles. The lowest BCUT2D eigenvalue weighted by atomic mass is 9.79. The summed E-state index contributed by atoms with van der Waals surface area (Å²) >= 11 is 0. The minimum atomic E-state index is -0.932. The monoisotopic (exact) mass is 330 g/mol. The lowest BCUT2D eigenvalue weighted by Crippen LogP contribution is -2.29. The first kappa shape index (κ1) is 15.6. The highest BCUT2D eigenvalue weighted by Crippen LogP contribution is 2.46. The van der Waals surface area contributed by atoms with E-state index < -0.39 is 5.60 Å². The van der Waals surface area contributed by atoms with Gasteiger partial charge in [0.1, 0.15) is 0 Å². The lowest BCUT2D eigenvalue weighted by Gasteiger charge is -2.30. The number of carbonyl (C=O) groups is 1. The standard InChI is InChI=1S/C22H18O3/c1-24-15-16-8-7-11-18(14-16)22(17-9-3-2-4-10-17)20-13-6-5-12-19(20)21(23)25-22/h2-14H,15H2,1H3. The quantitative estimate of drug-likeness (QED) is 0.669. The SMILES string of the molecule is COCc1cccc(C2(c3ccccc3)OC(=O)c3ccccc32)c1. The van der Waals surface area contributed by atoms with Crippen LogP contribution in [0.15, 0.2) is 78.9 Å². The normalized spacial score (nSPS) is 18.7. The Balaban J connectivity index is 2.00. The molecule has 3 aromatic carbocycles. The average Bonchev–Trinajstić information content (AvgIpc) is 2.97. The zero-order valence-electron chi connectivity index (χ0n) is 13.9. The molecule has 0 saturated heterocycles. The van der Waals surface area contributed by atoms with Gasteiger partial charge < -0.3 is 9.47 Å². The molecule has 3 heteroatoms. The maximum atomic E-state index is 12.6. The predicted molar refractivity (Wildman–Crippen MR) is 95.3 cm³/mol. The summed E-state index contributed by atoms with van der Waals surface area (Å²) in [5.74, 6) is -0.295. The molecular formula is C22H18O3. The molecule has 0 amide bonds. The van der Waals surface area contributed by atoms with Gasteiger partial charge in [0.2, 0.25) is 0 Å². The lowest BCUT2D eigenvalue weighted by molar-refractivity contribution is 0.0251. The number of esters is 1. The van der Waals surface area contributed by atoms with Crippen LogP contribution in [0.25, 0.3) is 0 Å². The predicted octanol–water partition coefficient (Wildman–Crippen LogP) is 4.30. The summed E-state index contributed by atoms with van der Waals surface area (Å²) in [5.41, 5.74) is 3.45. The Labute approximate surface area is 146 Å². The van der Waals surface area contributed by atoms with Crippen LogP contribution in [-0.4, -0.2) is 13.1 Å². The fourth-order valence-electron chi connectivity index (χ4n) is 3.53. The summed E-state index contributed by atoms with van der Waals surface area (Å²) < 4.78 is 11.3. The van der Waals surface area contributed by atoms with Gasteiger partial charge in [0.25, 0.3) is 0 Å². The van der Waals surface area contributed by atoms with E-state index in [1.165, 1.54) is 0 Å². The number of fused-ring (bicyclic) bond motifs is 1. The van der Waals surface area contributed by atoms with Crippen LogP contribution < -0.4 is 0 Å². The van der Waals surface area contributed by atoms with Gasteiger partial charge in [-0.3, -0.25) is 0 Å². The van der Waals surface area contributed by atoms with Crippen LogP contribution >= 0.6 is 0 Å². The van der Waals surface area contributed by atoms with Crippen LogP contribution in [0.2, 0.25) is 0 Å². The molecule has 0 N–H and O–H groups in total. The maximum Gasteiger partial charge on any atom is 0.340 e. The molecular weight excluding hydrogens is 312 g/mol. The van der Waals surface area contributed by atoms with Gasteiger partial charge >= 0.3 is 5.97 Å². The van der Waals surface area contributed by atoms with Gasteiger partial charge in [0.15, 0.2) is 5.60 Å².